The van der Waals surface area contributed by atoms with E-state index in [-0.39, 0.29) is 49.3 Å². The molecule has 12 nitrogen and oxygen atoms in total. The summed E-state index contributed by atoms with van der Waals surface area (Å²) in [5, 5.41) is 18.0. The fraction of sp³-hybridized carbons (Fsp3) is 0.407. The maximum Gasteiger partial charge on any atom is 0.304 e. The number of carbonyl (C=O) groups is 2. The number of carboxylic acids is 2. The van der Waals surface area contributed by atoms with Crippen LogP contribution in [-0.2, 0) is 48.7 Å². The summed E-state index contributed by atoms with van der Waals surface area (Å²) in [5.41, 5.74) is 3.46. The second-order valence-electron chi connectivity index (χ2n) is 17.2. The average molecular weight is 973 g/mol. The number of halogens is 4. The highest BCUT2D eigenvalue weighted by molar-refractivity contribution is 5.67. The van der Waals surface area contributed by atoms with Crippen molar-refractivity contribution < 1.29 is 55.7 Å². The molecule has 4 heterocycles. The minimum Gasteiger partial charge on any atom is -0.489 e. The van der Waals surface area contributed by atoms with Crippen molar-refractivity contribution in [1.29, 1.82) is 0 Å². The lowest BCUT2D eigenvalue weighted by Gasteiger charge is -2.30. The van der Waals surface area contributed by atoms with E-state index in [4.69, 9.17) is 28.5 Å². The maximum absolute atomic E-state index is 13.7. The zero-order valence-corrected chi connectivity index (χ0v) is 40.8. The van der Waals surface area contributed by atoms with Crippen LogP contribution in [0.15, 0.2) is 93.8 Å². The molecule has 0 saturated heterocycles. The molecule has 8 rings (SSSR count). The van der Waals surface area contributed by atoms with Gasteiger partial charge in [-0.05, 0) is 74.5 Å². The quantitative estimate of drug-likeness (QED) is 0.0888. The van der Waals surface area contributed by atoms with Crippen LogP contribution in [0.5, 0.6) is 11.5 Å². The lowest BCUT2D eigenvalue weighted by molar-refractivity contribution is -0.139. The number of rotatable bonds is 16. The van der Waals surface area contributed by atoms with Crippen LogP contribution in [0.4, 0.5) is 17.6 Å². The van der Waals surface area contributed by atoms with Gasteiger partial charge in [-0.25, -0.2) is 27.5 Å². The lowest BCUT2D eigenvalue weighted by Crippen LogP contribution is -2.38. The van der Waals surface area contributed by atoms with E-state index in [9.17, 15) is 27.2 Å². The highest BCUT2D eigenvalue weighted by Crippen LogP contribution is 2.31. The fourth-order valence-electron chi connectivity index (χ4n) is 7.23. The summed E-state index contributed by atoms with van der Waals surface area (Å²) in [5.74, 6) is -1.63. The molecule has 16 heteroatoms. The highest BCUT2D eigenvalue weighted by atomic mass is 19.2. The molecule has 2 aliphatic heterocycles. The normalized spacial score (nSPS) is 14.0. The van der Waals surface area contributed by atoms with E-state index in [0.29, 0.717) is 49.2 Å². The van der Waals surface area contributed by atoms with Crippen LogP contribution in [0.25, 0.3) is 22.9 Å². The van der Waals surface area contributed by atoms with Crippen molar-refractivity contribution in [2.45, 2.75) is 131 Å². The van der Waals surface area contributed by atoms with Gasteiger partial charge in [0.1, 0.15) is 36.2 Å². The Labute approximate surface area is 407 Å². The summed E-state index contributed by atoms with van der Waals surface area (Å²) >= 11 is 0. The van der Waals surface area contributed by atoms with Crippen molar-refractivity contribution in [3.63, 3.8) is 0 Å². The third kappa shape index (κ3) is 15.8. The summed E-state index contributed by atoms with van der Waals surface area (Å²) < 4.78 is 77.0. The number of fused-ring (bicyclic) bond motifs is 2. The van der Waals surface area contributed by atoms with E-state index >= 15 is 0 Å². The Kier molecular flexibility index (Phi) is 21.0. The van der Waals surface area contributed by atoms with Crippen LogP contribution >= 0.6 is 0 Å². The van der Waals surface area contributed by atoms with Gasteiger partial charge in [-0.1, -0.05) is 77.6 Å². The maximum atomic E-state index is 13.7. The zero-order valence-electron chi connectivity index (χ0n) is 40.8. The van der Waals surface area contributed by atoms with Crippen molar-refractivity contribution in [2.24, 2.45) is 0 Å². The molecular formula is C54H64F4N4O8. The Hall–Kier alpha value is -6.52. The van der Waals surface area contributed by atoms with Crippen LogP contribution in [0.1, 0.15) is 114 Å². The Morgan fingerprint density at radius 3 is 1.27 bits per heavy atom. The van der Waals surface area contributed by atoms with Gasteiger partial charge in [-0.3, -0.25) is 19.4 Å². The van der Waals surface area contributed by atoms with Gasteiger partial charge in [0.15, 0.2) is 23.3 Å². The Balaban J connectivity index is 0.000000226. The summed E-state index contributed by atoms with van der Waals surface area (Å²) in [7, 11) is 0. The Morgan fingerprint density at radius 1 is 0.586 bits per heavy atom. The molecule has 6 aromatic rings. The molecule has 2 aliphatic rings. The number of nitrogens with zero attached hydrogens (tertiary/aromatic N) is 4. The topological polar surface area (TPSA) is 152 Å². The van der Waals surface area contributed by atoms with Crippen molar-refractivity contribution in [1.82, 2.24) is 19.8 Å². The first kappa shape index (κ1) is 54.4. The van der Waals surface area contributed by atoms with Gasteiger partial charge in [-0.15, -0.1) is 0 Å². The van der Waals surface area contributed by atoms with E-state index < -0.39 is 35.2 Å². The summed E-state index contributed by atoms with van der Waals surface area (Å²) in [4.78, 5) is 35.3. The molecule has 0 radical (unpaired) electrons. The minimum absolute atomic E-state index is 0.0786. The van der Waals surface area contributed by atoms with Gasteiger partial charge in [0.25, 0.3) is 0 Å². The molecule has 4 aromatic carbocycles. The minimum atomic E-state index is -0.906. The molecule has 2 N–H and O–H groups in total. The van der Waals surface area contributed by atoms with Crippen molar-refractivity contribution in [3.8, 4) is 34.4 Å². The van der Waals surface area contributed by atoms with Gasteiger partial charge >= 0.3 is 11.9 Å². The Morgan fingerprint density at radius 2 is 0.943 bits per heavy atom. The molecule has 0 aliphatic carbocycles. The molecular weight excluding hydrogens is 909 g/mol. The van der Waals surface area contributed by atoms with Gasteiger partial charge < -0.3 is 28.5 Å². The first-order chi connectivity index (χ1) is 33.6. The molecule has 0 spiro atoms. The van der Waals surface area contributed by atoms with E-state index in [0.717, 1.165) is 59.3 Å². The SMILES string of the molecule is CC(CC(=O)O)N1CCc2oc(-c3ccc(OCc4cccc(F)c4F)cc3)nc2C1.CC(CC(=O)O)N1CCc2oc(-c3ccc(OCc4cccc(F)c4F)cc3)nc2C1.CCCC.CCCC. The average Bonchev–Trinajstić information content (AvgIpc) is 4.00. The zero-order chi connectivity index (χ0) is 50.7. The molecule has 0 fully saturated rings. The van der Waals surface area contributed by atoms with Crippen LogP contribution < -0.4 is 9.47 Å². The van der Waals surface area contributed by atoms with Crippen molar-refractivity contribution >= 4 is 11.9 Å². The van der Waals surface area contributed by atoms with E-state index in [2.05, 4.69) is 47.5 Å². The number of hydrogen-bond acceptors (Lipinski definition) is 10. The molecule has 0 amide bonds. The fourth-order valence-corrected chi connectivity index (χ4v) is 7.23. The monoisotopic (exact) mass is 972 g/mol. The molecule has 0 bridgehead atoms. The Bertz CT molecular complexity index is 2400. The van der Waals surface area contributed by atoms with Crippen LogP contribution in [0.2, 0.25) is 0 Å². The van der Waals surface area contributed by atoms with Crippen LogP contribution in [0, 0.1) is 23.3 Å². The molecule has 70 heavy (non-hydrogen) atoms. The van der Waals surface area contributed by atoms with Crippen molar-refractivity contribution in [2.75, 3.05) is 13.1 Å². The van der Waals surface area contributed by atoms with Crippen LogP contribution in [-0.4, -0.2) is 67.1 Å². The van der Waals surface area contributed by atoms with Gasteiger partial charge in [0, 0.05) is 73.4 Å². The number of hydrogen-bond donors (Lipinski definition) is 2. The standard InChI is InChI=1S/2C23H22F2N2O4.2C4H10/c2*1-14(11-21(28)29)27-10-9-20-19(12-27)26-23(31-20)15-5-7-17(8-6-15)30-13-16-3-2-4-18(24)22(16)25;2*1-3-4-2/h2*2-8,14H,9-13H2,1H3,(H,28,29);2*3-4H2,1-2H3. The number of ether oxygens (including phenoxy) is 2. The molecule has 2 unspecified atom stereocenters. The van der Waals surface area contributed by atoms with Crippen LogP contribution in [0.3, 0.4) is 0 Å². The summed E-state index contributed by atoms with van der Waals surface area (Å²) in [6.07, 6.45) is 6.79. The predicted molar refractivity (Wildman–Crippen MR) is 258 cm³/mol. The molecule has 0 saturated carbocycles. The lowest BCUT2D eigenvalue weighted by atomic mass is 10.1. The summed E-state index contributed by atoms with van der Waals surface area (Å²) in [6, 6.07) is 21.8. The number of aromatic nitrogens is 2. The molecule has 2 aromatic heterocycles. The van der Waals surface area contributed by atoms with Gasteiger partial charge in [0.05, 0.1) is 24.2 Å². The second-order valence-corrected chi connectivity index (χ2v) is 17.2. The number of carboxylic acid groups (broad SMARTS) is 2. The molecule has 2 atom stereocenters. The number of oxazole rings is 2. The van der Waals surface area contributed by atoms with E-state index in [1.54, 1.807) is 48.5 Å². The largest absolute Gasteiger partial charge is 0.489 e. The van der Waals surface area contributed by atoms with E-state index in [1.165, 1.54) is 49.9 Å². The third-order valence-corrected chi connectivity index (χ3v) is 11.8. The second kappa shape index (κ2) is 27.0. The van der Waals surface area contributed by atoms with Gasteiger partial charge in [0.2, 0.25) is 11.8 Å². The van der Waals surface area contributed by atoms with Gasteiger partial charge in [-0.2, -0.15) is 0 Å². The van der Waals surface area contributed by atoms with E-state index in [1.807, 2.05) is 13.8 Å². The first-order valence-electron chi connectivity index (χ1n) is 23.8. The third-order valence-electron chi connectivity index (χ3n) is 11.8. The number of unbranched alkanes of at least 4 members (excludes halogenated alkanes) is 2. The number of benzene rings is 4. The highest BCUT2D eigenvalue weighted by Gasteiger charge is 2.28. The molecule has 376 valence electrons. The predicted octanol–water partition coefficient (Wildman–Crippen LogP) is 12.5. The summed E-state index contributed by atoms with van der Waals surface area (Å²) in [6.45, 7) is 14.9. The van der Waals surface area contributed by atoms with Crippen molar-refractivity contribution in [3.05, 3.63) is 142 Å². The first-order valence-corrected chi connectivity index (χ1v) is 23.8. The number of aliphatic carboxylic acids is 2. The smallest absolute Gasteiger partial charge is 0.304 e.